The molecule has 0 bridgehead atoms. The summed E-state index contributed by atoms with van der Waals surface area (Å²) in [6.45, 7) is 1.93. The van der Waals surface area contributed by atoms with Crippen molar-refractivity contribution >= 4 is 58.2 Å². The first-order valence-electron chi connectivity index (χ1n) is 13.4. The lowest BCUT2D eigenvalue weighted by Gasteiger charge is -2.49. The number of phenols is 1. The van der Waals surface area contributed by atoms with Crippen LogP contribution in [0.25, 0.3) is 0 Å². The lowest BCUT2D eigenvalue weighted by molar-refractivity contribution is -0.153. The Kier molecular flexibility index (Phi) is 8.87. The minimum Gasteiger partial charge on any atom is -0.508 e. The van der Waals surface area contributed by atoms with Crippen molar-refractivity contribution in [3.63, 3.8) is 0 Å². The molecule has 2 saturated heterocycles. The topological polar surface area (TPSA) is 237 Å². The maximum Gasteiger partial charge on any atom is 0.352 e. The second-order valence-corrected chi connectivity index (χ2v) is 12.5. The van der Waals surface area contributed by atoms with Gasteiger partial charge in [0.1, 0.15) is 28.9 Å². The van der Waals surface area contributed by atoms with Crippen molar-refractivity contribution in [1.82, 2.24) is 45.5 Å². The van der Waals surface area contributed by atoms with Gasteiger partial charge in [0, 0.05) is 32.4 Å². The zero-order chi connectivity index (χ0) is 32.6. The molecule has 0 radical (unpaired) electrons. The number of hydrogen-bond donors (Lipinski definition) is 4. The number of rotatable bonds is 9. The van der Waals surface area contributed by atoms with Crippen LogP contribution in [0.1, 0.15) is 18.5 Å². The van der Waals surface area contributed by atoms with Crippen LogP contribution < -0.4 is 10.6 Å². The molecule has 5 rings (SSSR count). The molecule has 0 spiro atoms. The zero-order valence-electron chi connectivity index (χ0n) is 23.8. The van der Waals surface area contributed by atoms with E-state index >= 15 is 0 Å². The number of phenolic OH excluding ortho intramolecular Hbond substituents is 1. The summed E-state index contributed by atoms with van der Waals surface area (Å²) < 4.78 is 14.7. The molecule has 1 aromatic carbocycles. The normalized spacial score (nSPS) is 22.1. The van der Waals surface area contributed by atoms with Gasteiger partial charge < -0.3 is 25.7 Å². The van der Waals surface area contributed by atoms with Crippen LogP contribution in [0.3, 0.4) is 0 Å². The van der Waals surface area contributed by atoms with Gasteiger partial charge in [-0.2, -0.15) is 0 Å². The number of carboxylic acid groups (broad SMARTS) is 1. The third-order valence-corrected chi connectivity index (χ3v) is 10.1. The number of aryl methyl sites for hydroxylation is 1. The molecule has 4 heterocycles. The van der Waals surface area contributed by atoms with E-state index < -0.39 is 63.9 Å². The van der Waals surface area contributed by atoms with Gasteiger partial charge in [-0.15, -0.1) is 5.10 Å². The molecule has 6 amide bonds. The van der Waals surface area contributed by atoms with Gasteiger partial charge >= 0.3 is 23.8 Å². The summed E-state index contributed by atoms with van der Waals surface area (Å²) in [5, 5.41) is 34.7. The van der Waals surface area contributed by atoms with Crippen molar-refractivity contribution in [3.8, 4) is 5.75 Å². The number of aliphatic carboxylic acids is 1. The molecular weight excluding hydrogens is 634 g/mol. The van der Waals surface area contributed by atoms with E-state index in [4.69, 9.17) is 0 Å². The molecule has 45 heavy (non-hydrogen) atoms. The van der Waals surface area contributed by atoms with Gasteiger partial charge in [0.05, 0.1) is 16.6 Å². The number of nitrogens with zero attached hydrogens (tertiary/aromatic N) is 7. The molecule has 2 fully saturated rings. The number of fused-ring (bicyclic) bond motifs is 1. The number of hydrogen-bond acceptors (Lipinski definition) is 12. The summed E-state index contributed by atoms with van der Waals surface area (Å²) in [6.07, 6.45) is 0. The Morgan fingerprint density at radius 1 is 1.13 bits per heavy atom. The van der Waals surface area contributed by atoms with E-state index in [9.17, 15) is 43.2 Å². The standard InChI is InChI=1S/C25H27N9O9S2/c1-3-32-8-9-33(21(39)20(32)38)24(42)27-15(12-4-6-14(35)7-5-12)18(36)26-16-19(37)34-17(23(40)41)13(11-45(43)22(16)34)10-44-25-28-29-30-31(25)2/h4-7,15-16,22,35H,3,8-11H2,1-2H3,(H,26,36)(H,27,42)(H,40,41)/t15-,16-,22-,45?/m1/s1. The molecule has 2 aromatic rings. The van der Waals surface area contributed by atoms with Crippen LogP contribution in [-0.4, -0.2) is 128 Å². The molecule has 3 aliphatic heterocycles. The highest BCUT2D eigenvalue weighted by atomic mass is 32.2. The van der Waals surface area contributed by atoms with E-state index in [2.05, 4.69) is 26.2 Å². The molecule has 3 aliphatic rings. The number of piperazine rings is 1. The molecule has 238 valence electrons. The summed E-state index contributed by atoms with van der Waals surface area (Å²) in [7, 11) is -0.232. The third kappa shape index (κ3) is 5.97. The summed E-state index contributed by atoms with van der Waals surface area (Å²) in [5.74, 6) is -5.43. The minimum absolute atomic E-state index is 0.0395. The fourth-order valence-corrected chi connectivity index (χ4v) is 7.71. The van der Waals surface area contributed by atoms with Crippen molar-refractivity contribution in [3.05, 3.63) is 41.1 Å². The second-order valence-electron chi connectivity index (χ2n) is 10.1. The van der Waals surface area contributed by atoms with Gasteiger partial charge in [-0.05, 0) is 40.6 Å². The van der Waals surface area contributed by atoms with Gasteiger partial charge in [-0.25, -0.2) is 14.3 Å². The molecule has 20 heteroatoms. The fraction of sp³-hybridized carbons (Fsp3) is 0.400. The van der Waals surface area contributed by atoms with E-state index in [1.165, 1.54) is 33.8 Å². The number of aromatic hydroxyl groups is 1. The Morgan fingerprint density at radius 2 is 1.84 bits per heavy atom. The number of aromatic nitrogens is 4. The average Bonchev–Trinajstić information content (AvgIpc) is 3.42. The first-order valence-corrected chi connectivity index (χ1v) is 15.8. The Bertz CT molecular complexity index is 1640. The minimum atomic E-state index is -1.82. The zero-order valence-corrected chi connectivity index (χ0v) is 25.4. The number of imide groups is 1. The Balaban J connectivity index is 1.35. The predicted molar refractivity (Wildman–Crippen MR) is 153 cm³/mol. The predicted octanol–water partition coefficient (Wildman–Crippen LogP) is -2.10. The lowest BCUT2D eigenvalue weighted by atomic mass is 10.0. The number of benzene rings is 1. The van der Waals surface area contributed by atoms with Crippen LogP contribution in [0.15, 0.2) is 40.7 Å². The van der Waals surface area contributed by atoms with Crippen LogP contribution >= 0.6 is 11.8 Å². The van der Waals surface area contributed by atoms with Crippen LogP contribution in [0.2, 0.25) is 0 Å². The fourth-order valence-electron chi connectivity index (χ4n) is 5.03. The molecule has 18 nitrogen and oxygen atoms in total. The van der Waals surface area contributed by atoms with Crippen LogP contribution in [0, 0.1) is 0 Å². The van der Waals surface area contributed by atoms with Crippen LogP contribution in [0.5, 0.6) is 5.75 Å². The first kappa shape index (κ1) is 31.6. The van der Waals surface area contributed by atoms with Gasteiger partial charge in [-0.1, -0.05) is 23.9 Å². The number of thioether (sulfide) groups is 1. The smallest absolute Gasteiger partial charge is 0.352 e. The van der Waals surface area contributed by atoms with Crippen molar-refractivity contribution in [2.45, 2.75) is 29.5 Å². The Labute approximate surface area is 261 Å². The van der Waals surface area contributed by atoms with Crippen molar-refractivity contribution < 1.29 is 43.2 Å². The number of carbonyl (C=O) groups excluding carboxylic acids is 5. The molecule has 4 atom stereocenters. The number of nitrogens with one attached hydrogen (secondary N) is 2. The molecule has 0 saturated carbocycles. The Morgan fingerprint density at radius 3 is 2.47 bits per heavy atom. The van der Waals surface area contributed by atoms with Gasteiger partial charge in [0.15, 0.2) is 0 Å². The average molecular weight is 662 g/mol. The van der Waals surface area contributed by atoms with Crippen molar-refractivity contribution in [2.75, 3.05) is 31.1 Å². The van der Waals surface area contributed by atoms with Gasteiger partial charge in [-0.3, -0.25) is 33.2 Å². The second kappa shape index (κ2) is 12.6. The number of carbonyl (C=O) groups is 6. The van der Waals surface area contributed by atoms with E-state index in [0.717, 1.165) is 16.7 Å². The van der Waals surface area contributed by atoms with Crippen LogP contribution in [0.4, 0.5) is 4.79 Å². The van der Waals surface area contributed by atoms with Crippen molar-refractivity contribution in [1.29, 1.82) is 0 Å². The number of β-lactam (4-membered cyclic amide) rings is 1. The van der Waals surface area contributed by atoms with Gasteiger partial charge in [0.25, 0.3) is 5.91 Å². The largest absolute Gasteiger partial charge is 0.508 e. The highest BCUT2D eigenvalue weighted by molar-refractivity contribution is 7.99. The third-order valence-electron chi connectivity index (χ3n) is 7.35. The quantitative estimate of drug-likeness (QED) is 0.128. The number of amides is 6. The highest BCUT2D eigenvalue weighted by Gasteiger charge is 2.57. The molecule has 1 unspecified atom stereocenters. The lowest BCUT2D eigenvalue weighted by Crippen LogP contribution is -2.74. The van der Waals surface area contributed by atoms with Crippen molar-refractivity contribution in [2.24, 2.45) is 7.05 Å². The highest BCUT2D eigenvalue weighted by Crippen LogP contribution is 2.37. The number of likely N-dealkylation sites (N-methyl/N-ethyl adjacent to an activating group) is 1. The monoisotopic (exact) mass is 661 g/mol. The molecular formula is C25H27N9O9S2. The first-order chi connectivity index (χ1) is 21.4. The summed E-state index contributed by atoms with van der Waals surface area (Å²) in [5.41, 5.74) is 0.0250. The molecule has 4 N–H and O–H groups in total. The van der Waals surface area contributed by atoms with E-state index in [-0.39, 0.29) is 53.7 Å². The van der Waals surface area contributed by atoms with Crippen LogP contribution in [-0.2, 0) is 41.8 Å². The van der Waals surface area contributed by atoms with E-state index in [1.807, 2.05) is 0 Å². The number of carboxylic acids is 1. The summed E-state index contributed by atoms with van der Waals surface area (Å²) in [6, 6.07) is 1.21. The summed E-state index contributed by atoms with van der Waals surface area (Å²) in [4.78, 5) is 79.9. The van der Waals surface area contributed by atoms with E-state index in [1.54, 1.807) is 14.0 Å². The van der Waals surface area contributed by atoms with Gasteiger partial charge in [0.2, 0.25) is 11.1 Å². The molecule has 0 aliphatic carbocycles. The summed E-state index contributed by atoms with van der Waals surface area (Å²) >= 11 is 1.10. The maximum atomic E-state index is 13.6. The van der Waals surface area contributed by atoms with E-state index in [0.29, 0.717) is 10.1 Å². The SMILES string of the molecule is CCN1CCN(C(=O)N[C@@H](C(=O)N[C@@H]2C(=O)N3C(C(=O)O)=C(CSc4nnnn4C)CS(=O)[C@H]23)c2ccc(O)cc2)C(=O)C1=O. The maximum absolute atomic E-state index is 13.6. The number of urea groups is 1. The number of tetrazole rings is 1. The Hall–Kier alpha value is -4.85. The molecule has 1 aromatic heterocycles.